The molecule has 0 aromatic heterocycles. The fraction of sp³-hybridized carbons (Fsp3) is 0.400. The summed E-state index contributed by atoms with van der Waals surface area (Å²) in [7, 11) is 1.31. The number of rotatable bonds is 4. The van der Waals surface area contributed by atoms with E-state index < -0.39 is 5.97 Å². The third-order valence-corrected chi connectivity index (χ3v) is 4.92. The number of amides is 1. The average Bonchev–Trinajstić information content (AvgIpc) is 2.85. The molecular formula is C15H16BrNO4S. The molecule has 1 aromatic carbocycles. The monoisotopic (exact) mass is 385 g/mol. The zero-order valence-electron chi connectivity index (χ0n) is 12.3. The fourth-order valence-corrected chi connectivity index (χ4v) is 3.43. The van der Waals surface area contributed by atoms with Crippen LogP contribution in [0.2, 0.25) is 0 Å². The van der Waals surface area contributed by atoms with Gasteiger partial charge in [0.1, 0.15) is 0 Å². The lowest BCUT2D eigenvalue weighted by atomic mass is 10.1. The van der Waals surface area contributed by atoms with Crippen LogP contribution in [0.1, 0.15) is 23.7 Å². The first-order valence-electron chi connectivity index (χ1n) is 6.74. The summed E-state index contributed by atoms with van der Waals surface area (Å²) < 4.78 is 5.53. The Morgan fingerprint density at radius 3 is 2.82 bits per heavy atom. The molecule has 1 fully saturated rings. The van der Waals surface area contributed by atoms with Crippen molar-refractivity contribution in [3.8, 4) is 0 Å². The van der Waals surface area contributed by atoms with Crippen molar-refractivity contribution in [1.82, 2.24) is 0 Å². The molecule has 0 N–H and O–H groups in total. The van der Waals surface area contributed by atoms with Crippen molar-refractivity contribution < 1.29 is 19.1 Å². The van der Waals surface area contributed by atoms with Gasteiger partial charge < -0.3 is 9.64 Å². The zero-order valence-corrected chi connectivity index (χ0v) is 14.7. The molecule has 1 atom stereocenters. The summed E-state index contributed by atoms with van der Waals surface area (Å²) in [5, 5.41) is 0.0461. The van der Waals surface area contributed by atoms with E-state index in [4.69, 9.17) is 4.74 Å². The Hall–Kier alpha value is -1.34. The highest BCUT2D eigenvalue weighted by molar-refractivity contribution is 9.10. The van der Waals surface area contributed by atoms with Crippen LogP contribution >= 0.6 is 27.7 Å². The van der Waals surface area contributed by atoms with Crippen LogP contribution in [-0.4, -0.2) is 36.4 Å². The van der Waals surface area contributed by atoms with Gasteiger partial charge in [-0.2, -0.15) is 0 Å². The highest BCUT2D eigenvalue weighted by Gasteiger charge is 2.33. The van der Waals surface area contributed by atoms with Gasteiger partial charge in [-0.3, -0.25) is 9.59 Å². The molecule has 22 heavy (non-hydrogen) atoms. The average molecular weight is 386 g/mol. The van der Waals surface area contributed by atoms with Crippen molar-refractivity contribution >= 4 is 50.4 Å². The van der Waals surface area contributed by atoms with Gasteiger partial charge in [0, 0.05) is 30.1 Å². The third kappa shape index (κ3) is 3.89. The van der Waals surface area contributed by atoms with Crippen LogP contribution in [0.5, 0.6) is 0 Å². The second-order valence-corrected chi connectivity index (χ2v) is 7.14. The Labute approximate surface area is 141 Å². The van der Waals surface area contributed by atoms with E-state index >= 15 is 0 Å². The summed E-state index contributed by atoms with van der Waals surface area (Å²) in [6, 6.07) is 5.16. The summed E-state index contributed by atoms with van der Waals surface area (Å²) in [5.74, 6) is 0.199. The van der Waals surface area contributed by atoms with Crippen LogP contribution in [0, 0.1) is 5.92 Å². The molecule has 0 bridgehead atoms. The maximum atomic E-state index is 12.2. The number of halogens is 1. The number of methoxy groups -OCH3 is 1. The van der Waals surface area contributed by atoms with E-state index in [-0.39, 0.29) is 16.9 Å². The van der Waals surface area contributed by atoms with Gasteiger partial charge in [0.2, 0.25) is 5.91 Å². The molecule has 1 heterocycles. The summed E-state index contributed by atoms with van der Waals surface area (Å²) in [6.45, 7) is 2.02. The van der Waals surface area contributed by atoms with Gasteiger partial charge in [-0.1, -0.05) is 27.7 Å². The van der Waals surface area contributed by atoms with E-state index in [0.29, 0.717) is 30.0 Å². The first-order chi connectivity index (χ1) is 10.4. The van der Waals surface area contributed by atoms with Gasteiger partial charge in [-0.25, -0.2) is 4.79 Å². The smallest absolute Gasteiger partial charge is 0.340 e. The lowest BCUT2D eigenvalue weighted by Crippen LogP contribution is -2.27. The van der Waals surface area contributed by atoms with E-state index in [2.05, 4.69) is 15.9 Å². The number of benzene rings is 1. The van der Waals surface area contributed by atoms with Crippen molar-refractivity contribution in [3.63, 3.8) is 0 Å². The molecule has 5 nitrogen and oxygen atoms in total. The van der Waals surface area contributed by atoms with Crippen molar-refractivity contribution in [1.29, 1.82) is 0 Å². The maximum absolute atomic E-state index is 12.2. The zero-order chi connectivity index (χ0) is 16.3. The van der Waals surface area contributed by atoms with Crippen molar-refractivity contribution in [2.45, 2.75) is 13.3 Å². The van der Waals surface area contributed by atoms with Crippen LogP contribution < -0.4 is 4.90 Å². The molecule has 1 unspecified atom stereocenters. The molecular weight excluding hydrogens is 370 g/mol. The number of hydrogen-bond donors (Lipinski definition) is 0. The largest absolute Gasteiger partial charge is 0.465 e. The molecule has 0 aliphatic carbocycles. The van der Waals surface area contributed by atoms with E-state index in [1.807, 2.05) is 0 Å². The Morgan fingerprint density at radius 2 is 2.18 bits per heavy atom. The highest BCUT2D eigenvalue weighted by Crippen LogP contribution is 2.31. The minimum atomic E-state index is -0.481. The van der Waals surface area contributed by atoms with Crippen molar-refractivity contribution in [2.75, 3.05) is 24.3 Å². The molecule has 1 saturated heterocycles. The summed E-state index contributed by atoms with van der Waals surface area (Å²) in [6.07, 6.45) is 0.386. The summed E-state index contributed by atoms with van der Waals surface area (Å²) in [4.78, 5) is 36.8. The van der Waals surface area contributed by atoms with Gasteiger partial charge in [-0.15, -0.1) is 0 Å². The highest BCUT2D eigenvalue weighted by atomic mass is 79.9. The molecule has 0 saturated carbocycles. The Kier molecular flexibility index (Phi) is 5.63. The number of thioether (sulfide) groups is 1. The van der Waals surface area contributed by atoms with Crippen molar-refractivity contribution in [3.05, 3.63) is 28.2 Å². The topological polar surface area (TPSA) is 63.7 Å². The van der Waals surface area contributed by atoms with Gasteiger partial charge in [0.15, 0.2) is 5.12 Å². The molecule has 118 valence electrons. The SMILES string of the molecule is COC(=O)c1cc(Br)ccc1N1CC(CSC(C)=O)CC1=O. The third-order valence-electron chi connectivity index (χ3n) is 3.38. The molecule has 1 aliphatic rings. The van der Waals surface area contributed by atoms with Crippen LogP contribution in [0.25, 0.3) is 0 Å². The van der Waals surface area contributed by atoms with Gasteiger partial charge in [0.05, 0.1) is 18.4 Å². The minimum Gasteiger partial charge on any atom is -0.465 e. The second-order valence-electron chi connectivity index (χ2n) is 5.03. The van der Waals surface area contributed by atoms with Crippen LogP contribution in [0.3, 0.4) is 0 Å². The molecule has 0 radical (unpaired) electrons. The number of anilines is 1. The molecule has 1 aromatic rings. The molecule has 0 spiro atoms. The van der Waals surface area contributed by atoms with E-state index in [9.17, 15) is 14.4 Å². The van der Waals surface area contributed by atoms with Gasteiger partial charge in [-0.05, 0) is 24.1 Å². The Morgan fingerprint density at radius 1 is 1.45 bits per heavy atom. The van der Waals surface area contributed by atoms with E-state index in [1.165, 1.54) is 25.8 Å². The number of ether oxygens (including phenoxy) is 1. The number of carbonyl (C=O) groups excluding carboxylic acids is 3. The van der Waals surface area contributed by atoms with E-state index in [0.717, 1.165) is 4.47 Å². The van der Waals surface area contributed by atoms with Gasteiger partial charge in [0.25, 0.3) is 0 Å². The molecule has 1 amide bonds. The van der Waals surface area contributed by atoms with Crippen LogP contribution in [-0.2, 0) is 14.3 Å². The second kappa shape index (κ2) is 7.28. The van der Waals surface area contributed by atoms with Crippen molar-refractivity contribution in [2.24, 2.45) is 5.92 Å². The molecule has 2 rings (SSSR count). The predicted molar refractivity (Wildman–Crippen MR) is 89.1 cm³/mol. The quantitative estimate of drug-likeness (QED) is 0.745. The summed E-state index contributed by atoms with van der Waals surface area (Å²) in [5.41, 5.74) is 0.903. The van der Waals surface area contributed by atoms with Crippen LogP contribution in [0.4, 0.5) is 5.69 Å². The number of nitrogens with zero attached hydrogens (tertiary/aromatic N) is 1. The Bertz CT molecular complexity index is 620. The first-order valence-corrected chi connectivity index (χ1v) is 8.51. The lowest BCUT2D eigenvalue weighted by Gasteiger charge is -2.19. The number of carbonyl (C=O) groups is 3. The molecule has 1 aliphatic heterocycles. The number of esters is 1. The standard InChI is InChI=1S/C15H16BrNO4S/c1-9(18)22-8-10-5-14(19)17(7-10)13-4-3-11(16)6-12(13)15(20)21-2/h3-4,6,10H,5,7-8H2,1-2H3. The molecule has 7 heteroatoms. The van der Waals surface area contributed by atoms with Gasteiger partial charge >= 0.3 is 5.97 Å². The lowest BCUT2D eigenvalue weighted by molar-refractivity contribution is -0.117. The Balaban J connectivity index is 2.23. The first kappa shape index (κ1) is 17.0. The normalized spacial score (nSPS) is 17.7. The minimum absolute atomic E-state index is 0.0402. The maximum Gasteiger partial charge on any atom is 0.340 e. The van der Waals surface area contributed by atoms with E-state index in [1.54, 1.807) is 23.1 Å². The summed E-state index contributed by atoms with van der Waals surface area (Å²) >= 11 is 4.55. The predicted octanol–water partition coefficient (Wildman–Crippen LogP) is 2.87. The number of hydrogen-bond acceptors (Lipinski definition) is 5. The fourth-order valence-electron chi connectivity index (χ4n) is 2.38. The van der Waals surface area contributed by atoms with Crippen LogP contribution in [0.15, 0.2) is 22.7 Å².